The van der Waals surface area contributed by atoms with Crippen LogP contribution in [0.3, 0.4) is 0 Å². The molecule has 0 aromatic heterocycles. The van der Waals surface area contributed by atoms with Gasteiger partial charge in [0.2, 0.25) is 0 Å². The Morgan fingerprint density at radius 3 is 2.50 bits per heavy atom. The average molecular weight is 224 g/mol. The molecule has 0 radical (unpaired) electrons. The second-order valence-corrected chi connectivity index (χ2v) is 3.95. The number of hydrogen-bond donors (Lipinski definition) is 2. The van der Waals surface area contributed by atoms with E-state index in [9.17, 15) is 13.2 Å². The minimum absolute atomic E-state index is 0.164. The minimum Gasteiger partial charge on any atom is -0.478 e. The molecule has 0 amide bonds. The monoisotopic (exact) mass is 224 g/mol. The molecule has 6 nitrogen and oxygen atoms in total. The zero-order chi connectivity index (χ0) is 11.2. The zero-order valence-corrected chi connectivity index (χ0v) is 8.45. The molecule has 82 valence electrons. The van der Waals surface area contributed by atoms with Gasteiger partial charge >= 0.3 is 5.97 Å². The predicted molar refractivity (Wildman–Crippen MR) is 48.0 cm³/mol. The highest BCUT2D eigenvalue weighted by Crippen LogP contribution is 2.02. The van der Waals surface area contributed by atoms with Crippen molar-refractivity contribution in [1.82, 2.24) is 0 Å². The smallest absolute Gasteiger partial charge is 0.332 e. The number of aliphatic carboxylic acids is 1. The number of carbonyl (C=O) groups is 1. The summed E-state index contributed by atoms with van der Waals surface area (Å²) in [5.41, 5.74) is -0.325. The summed E-state index contributed by atoms with van der Waals surface area (Å²) < 4.78 is 26.3. The van der Waals surface area contributed by atoms with Gasteiger partial charge in [-0.05, 0) is 13.3 Å². The molecule has 0 aliphatic rings. The molecule has 0 heterocycles. The minimum atomic E-state index is -3.95. The molecule has 0 aliphatic carbocycles. The molecule has 0 saturated carbocycles. The van der Waals surface area contributed by atoms with E-state index in [4.69, 9.17) is 10.2 Å². The van der Waals surface area contributed by atoms with Crippen LogP contribution in [-0.4, -0.2) is 37.8 Å². The largest absolute Gasteiger partial charge is 0.478 e. The Kier molecular flexibility index (Phi) is 5.36. The molecule has 14 heavy (non-hydrogen) atoms. The Morgan fingerprint density at radius 2 is 2.07 bits per heavy atom. The summed E-state index contributed by atoms with van der Waals surface area (Å²) in [6, 6.07) is 0. The van der Waals surface area contributed by atoms with E-state index >= 15 is 0 Å². The molecule has 0 rings (SSSR count). The normalized spacial score (nSPS) is 12.9. The summed E-state index contributed by atoms with van der Waals surface area (Å²) in [6.07, 6.45) is 0.180. The molecule has 0 saturated heterocycles. The van der Waals surface area contributed by atoms with E-state index in [0.29, 0.717) is 5.41 Å². The van der Waals surface area contributed by atoms with Crippen LogP contribution in [0.4, 0.5) is 0 Å². The van der Waals surface area contributed by atoms with Crippen LogP contribution >= 0.6 is 0 Å². The van der Waals surface area contributed by atoms with Gasteiger partial charge in [0.25, 0.3) is 10.1 Å². The number of aliphatic hydroxyl groups excluding tert-OH is 1. The molecule has 0 aromatic carbocycles. The maximum Gasteiger partial charge on any atom is 0.332 e. The highest BCUT2D eigenvalue weighted by Gasteiger charge is 2.10. The molecule has 2 N–H and O–H groups in total. The summed E-state index contributed by atoms with van der Waals surface area (Å²) in [7, 11) is -3.95. The van der Waals surface area contributed by atoms with Crippen molar-refractivity contribution >= 4 is 16.1 Å². The van der Waals surface area contributed by atoms with Crippen LogP contribution in [-0.2, 0) is 19.1 Å². The van der Waals surface area contributed by atoms with Crippen molar-refractivity contribution < 1.29 is 27.6 Å². The second-order valence-electron chi connectivity index (χ2n) is 2.50. The lowest BCUT2D eigenvalue weighted by Gasteiger charge is -2.00. The molecule has 0 bridgehead atoms. The zero-order valence-electron chi connectivity index (χ0n) is 7.63. The predicted octanol–water partition coefficient (Wildman–Crippen LogP) is -0.296. The van der Waals surface area contributed by atoms with E-state index in [1.807, 2.05) is 0 Å². The van der Waals surface area contributed by atoms with Gasteiger partial charge in [-0.3, -0.25) is 4.18 Å². The molecule has 0 atom stereocenters. The molecule has 0 unspecified atom stereocenters. The first-order valence-corrected chi connectivity index (χ1v) is 5.28. The van der Waals surface area contributed by atoms with Gasteiger partial charge < -0.3 is 10.2 Å². The van der Waals surface area contributed by atoms with Gasteiger partial charge in [-0.1, -0.05) is 0 Å². The van der Waals surface area contributed by atoms with Crippen molar-refractivity contribution in [2.45, 2.75) is 13.3 Å². The number of rotatable bonds is 6. The van der Waals surface area contributed by atoms with Crippen molar-refractivity contribution in [2.75, 3.05) is 13.2 Å². The maximum atomic E-state index is 11.0. The Hall–Kier alpha value is -0.920. The summed E-state index contributed by atoms with van der Waals surface area (Å²) in [6.45, 7) is 0.800. The third-order valence-corrected chi connectivity index (χ3v) is 2.35. The fourth-order valence-electron chi connectivity index (χ4n) is 0.541. The maximum absolute atomic E-state index is 11.0. The van der Waals surface area contributed by atoms with Crippen LogP contribution < -0.4 is 0 Å². The van der Waals surface area contributed by atoms with Gasteiger partial charge in [-0.2, -0.15) is 8.42 Å². The lowest BCUT2D eigenvalue weighted by Crippen LogP contribution is -2.07. The molecular formula is C7H12O6S. The van der Waals surface area contributed by atoms with Gasteiger partial charge in [0.1, 0.15) is 0 Å². The van der Waals surface area contributed by atoms with Gasteiger partial charge in [-0.25, -0.2) is 4.79 Å². The van der Waals surface area contributed by atoms with Crippen molar-refractivity contribution in [2.24, 2.45) is 0 Å². The Labute approximate surface area is 81.9 Å². The highest BCUT2D eigenvalue weighted by atomic mass is 32.2. The summed E-state index contributed by atoms with van der Waals surface area (Å²) >= 11 is 0. The fraction of sp³-hybridized carbons (Fsp3) is 0.571. The van der Waals surface area contributed by atoms with Crippen molar-refractivity contribution in [3.05, 3.63) is 11.0 Å². The first-order chi connectivity index (χ1) is 6.39. The van der Waals surface area contributed by atoms with E-state index < -0.39 is 16.1 Å². The van der Waals surface area contributed by atoms with Crippen LogP contribution in [0, 0.1) is 0 Å². The molecule has 0 spiro atoms. The SMILES string of the molecule is CC(=CS(=O)(=O)OCCCO)C(=O)O. The lowest BCUT2D eigenvalue weighted by atomic mass is 10.4. The average Bonchev–Trinajstić information content (AvgIpc) is 2.03. The quantitative estimate of drug-likeness (QED) is 0.365. The summed E-state index contributed by atoms with van der Waals surface area (Å²) in [5.74, 6) is -1.32. The van der Waals surface area contributed by atoms with Crippen molar-refractivity contribution in [3.63, 3.8) is 0 Å². The summed E-state index contributed by atoms with van der Waals surface area (Å²) in [4.78, 5) is 10.3. The molecular weight excluding hydrogens is 212 g/mol. The van der Waals surface area contributed by atoms with Crippen molar-refractivity contribution in [1.29, 1.82) is 0 Å². The van der Waals surface area contributed by atoms with Crippen LogP contribution in [0.15, 0.2) is 11.0 Å². The van der Waals surface area contributed by atoms with Crippen LogP contribution in [0.2, 0.25) is 0 Å². The topological polar surface area (TPSA) is 101 Å². The van der Waals surface area contributed by atoms with E-state index in [-0.39, 0.29) is 25.2 Å². The van der Waals surface area contributed by atoms with Gasteiger partial charge in [-0.15, -0.1) is 0 Å². The number of hydrogen-bond acceptors (Lipinski definition) is 5. The molecule has 0 fully saturated rings. The summed E-state index contributed by atoms with van der Waals surface area (Å²) in [5, 5.41) is 17.3. The molecule has 0 aliphatic heterocycles. The van der Waals surface area contributed by atoms with Gasteiger partial charge in [0.15, 0.2) is 0 Å². The highest BCUT2D eigenvalue weighted by molar-refractivity contribution is 7.89. The Morgan fingerprint density at radius 1 is 1.50 bits per heavy atom. The lowest BCUT2D eigenvalue weighted by molar-refractivity contribution is -0.132. The fourth-order valence-corrected chi connectivity index (χ4v) is 1.49. The van der Waals surface area contributed by atoms with Gasteiger partial charge in [0.05, 0.1) is 12.0 Å². The van der Waals surface area contributed by atoms with E-state index in [1.165, 1.54) is 0 Å². The molecule has 7 heteroatoms. The second kappa shape index (κ2) is 5.74. The number of carboxylic acids is 1. The molecule has 0 aromatic rings. The van der Waals surface area contributed by atoms with Crippen LogP contribution in [0.1, 0.15) is 13.3 Å². The number of carboxylic acid groups (broad SMARTS) is 1. The third-order valence-electron chi connectivity index (χ3n) is 1.21. The van der Waals surface area contributed by atoms with E-state index in [2.05, 4.69) is 4.18 Å². The van der Waals surface area contributed by atoms with Crippen LogP contribution in [0.5, 0.6) is 0 Å². The van der Waals surface area contributed by atoms with Gasteiger partial charge in [0, 0.05) is 12.2 Å². The Balaban J connectivity index is 4.35. The van der Waals surface area contributed by atoms with Crippen LogP contribution in [0.25, 0.3) is 0 Å². The van der Waals surface area contributed by atoms with Crippen molar-refractivity contribution in [3.8, 4) is 0 Å². The van der Waals surface area contributed by atoms with E-state index in [1.54, 1.807) is 0 Å². The standard InChI is InChI=1S/C7H12O6S/c1-6(7(9)10)5-14(11,12)13-4-2-3-8/h5,8H,2-4H2,1H3,(H,9,10). The Bertz CT molecular complexity index is 315. The van der Waals surface area contributed by atoms with E-state index in [0.717, 1.165) is 6.92 Å². The first kappa shape index (κ1) is 13.1. The number of aliphatic hydroxyl groups is 1. The first-order valence-electron chi connectivity index (χ1n) is 3.81. The third kappa shape index (κ3) is 5.68.